The van der Waals surface area contributed by atoms with Crippen LogP contribution in [0.5, 0.6) is 0 Å². The van der Waals surface area contributed by atoms with Gasteiger partial charge in [0.25, 0.3) is 0 Å². The summed E-state index contributed by atoms with van der Waals surface area (Å²) in [5.74, 6) is 0.727. The first-order valence-corrected chi connectivity index (χ1v) is 3.72. The molecular weight excluding hydrogens is 134 g/mol. The van der Waals surface area contributed by atoms with Gasteiger partial charge in [-0.1, -0.05) is 18.5 Å². The van der Waals surface area contributed by atoms with Gasteiger partial charge in [0.1, 0.15) is 0 Å². The molecule has 2 atom stereocenters. The van der Waals surface area contributed by atoms with Crippen molar-refractivity contribution >= 4 is 11.6 Å². The Kier molecular flexibility index (Phi) is 2.14. The lowest BCUT2D eigenvalue weighted by molar-refractivity contribution is 0.594. The molecule has 0 aromatic carbocycles. The summed E-state index contributed by atoms with van der Waals surface area (Å²) in [4.78, 5) is 0. The largest absolute Gasteiger partial charge is 0.324 e. The van der Waals surface area contributed by atoms with Crippen LogP contribution in [0, 0.1) is 5.92 Å². The fourth-order valence-electron chi connectivity index (χ4n) is 1.35. The average molecular weight is 146 g/mol. The summed E-state index contributed by atoms with van der Waals surface area (Å²) in [7, 11) is 0. The lowest BCUT2D eigenvalue weighted by Crippen LogP contribution is -2.16. The zero-order valence-corrected chi connectivity index (χ0v) is 6.36. The molecule has 0 bridgehead atoms. The second-order valence-electron chi connectivity index (χ2n) is 2.84. The van der Waals surface area contributed by atoms with E-state index in [1.807, 2.05) is 0 Å². The van der Waals surface area contributed by atoms with Crippen molar-refractivity contribution in [2.24, 2.45) is 11.7 Å². The van der Waals surface area contributed by atoms with Crippen LogP contribution >= 0.6 is 11.6 Å². The molecule has 1 nitrogen and oxygen atoms in total. The minimum absolute atomic E-state index is 0.234. The third-order valence-corrected chi connectivity index (χ3v) is 2.14. The molecule has 0 saturated heterocycles. The van der Waals surface area contributed by atoms with Crippen LogP contribution < -0.4 is 5.73 Å². The molecule has 1 aliphatic rings. The Morgan fingerprint density at radius 2 is 2.44 bits per heavy atom. The summed E-state index contributed by atoms with van der Waals surface area (Å²) < 4.78 is 0. The van der Waals surface area contributed by atoms with E-state index in [1.165, 1.54) is 5.57 Å². The van der Waals surface area contributed by atoms with Gasteiger partial charge in [0.2, 0.25) is 0 Å². The monoisotopic (exact) mass is 145 g/mol. The molecule has 0 heterocycles. The van der Waals surface area contributed by atoms with Crippen molar-refractivity contribution in [3.8, 4) is 0 Å². The molecule has 2 heteroatoms. The molecular formula is C7H12ClN. The number of nitrogens with two attached hydrogens (primary N) is 1. The second kappa shape index (κ2) is 2.72. The van der Waals surface area contributed by atoms with Crippen molar-refractivity contribution in [1.82, 2.24) is 0 Å². The molecule has 0 spiro atoms. The van der Waals surface area contributed by atoms with E-state index >= 15 is 0 Å². The van der Waals surface area contributed by atoms with Gasteiger partial charge < -0.3 is 5.73 Å². The van der Waals surface area contributed by atoms with E-state index in [1.54, 1.807) is 5.54 Å². The molecule has 0 radical (unpaired) electrons. The van der Waals surface area contributed by atoms with Crippen molar-refractivity contribution in [3.63, 3.8) is 0 Å². The Morgan fingerprint density at radius 3 is 2.67 bits per heavy atom. The molecule has 0 aromatic rings. The van der Waals surface area contributed by atoms with Crippen molar-refractivity contribution in [3.05, 3.63) is 11.1 Å². The van der Waals surface area contributed by atoms with Crippen LogP contribution in [-0.2, 0) is 0 Å². The van der Waals surface area contributed by atoms with Crippen molar-refractivity contribution in [2.75, 3.05) is 0 Å². The Labute approximate surface area is 60.9 Å². The van der Waals surface area contributed by atoms with Crippen molar-refractivity contribution in [2.45, 2.75) is 25.8 Å². The molecule has 1 saturated carbocycles. The van der Waals surface area contributed by atoms with E-state index in [9.17, 15) is 0 Å². The second-order valence-corrected chi connectivity index (χ2v) is 3.05. The molecule has 0 aromatic heterocycles. The van der Waals surface area contributed by atoms with Gasteiger partial charge in [0, 0.05) is 11.6 Å². The fraction of sp³-hybridized carbons (Fsp3) is 0.714. The van der Waals surface area contributed by atoms with Gasteiger partial charge in [-0.2, -0.15) is 0 Å². The summed E-state index contributed by atoms with van der Waals surface area (Å²) in [6.07, 6.45) is 2.18. The highest BCUT2D eigenvalue weighted by molar-refractivity contribution is 6.25. The maximum absolute atomic E-state index is 5.73. The number of hydrogen-bond donors (Lipinski definition) is 1. The van der Waals surface area contributed by atoms with E-state index in [2.05, 4.69) is 6.92 Å². The summed E-state index contributed by atoms with van der Waals surface area (Å²) in [5.41, 5.74) is 8.57. The number of rotatable bonds is 0. The van der Waals surface area contributed by atoms with E-state index in [0.29, 0.717) is 0 Å². The molecule has 1 rings (SSSR count). The van der Waals surface area contributed by atoms with Crippen LogP contribution in [0.2, 0.25) is 0 Å². The van der Waals surface area contributed by atoms with Gasteiger partial charge in [0.15, 0.2) is 0 Å². The third kappa shape index (κ3) is 1.46. The Balaban J connectivity index is 2.58. The van der Waals surface area contributed by atoms with E-state index < -0.39 is 0 Å². The summed E-state index contributed by atoms with van der Waals surface area (Å²) in [5, 5.41) is 0. The molecule has 9 heavy (non-hydrogen) atoms. The van der Waals surface area contributed by atoms with E-state index in [-0.39, 0.29) is 6.04 Å². The smallest absolute Gasteiger partial charge is 0.0268 e. The Bertz CT molecular complexity index is 131. The van der Waals surface area contributed by atoms with Gasteiger partial charge in [0.05, 0.1) is 0 Å². The molecule has 52 valence electrons. The summed E-state index contributed by atoms with van der Waals surface area (Å²) in [6.45, 7) is 2.20. The van der Waals surface area contributed by atoms with Gasteiger partial charge >= 0.3 is 0 Å². The first-order chi connectivity index (χ1) is 4.24. The third-order valence-electron chi connectivity index (χ3n) is 1.86. The molecule has 0 amide bonds. The van der Waals surface area contributed by atoms with Crippen LogP contribution in [0.3, 0.4) is 0 Å². The molecule has 2 N–H and O–H groups in total. The van der Waals surface area contributed by atoms with Crippen LogP contribution in [0.4, 0.5) is 0 Å². The molecule has 0 aliphatic heterocycles. The Hall–Kier alpha value is -0.0100. The lowest BCUT2D eigenvalue weighted by Gasteiger charge is -2.00. The van der Waals surface area contributed by atoms with E-state index in [4.69, 9.17) is 17.3 Å². The van der Waals surface area contributed by atoms with Crippen LogP contribution in [-0.4, -0.2) is 6.04 Å². The highest BCUT2D eigenvalue weighted by Crippen LogP contribution is 2.28. The highest BCUT2D eigenvalue weighted by Gasteiger charge is 2.22. The van der Waals surface area contributed by atoms with Gasteiger partial charge in [-0.15, -0.1) is 0 Å². The van der Waals surface area contributed by atoms with Crippen molar-refractivity contribution in [1.29, 1.82) is 0 Å². The molecule has 1 fully saturated rings. The van der Waals surface area contributed by atoms with Gasteiger partial charge in [-0.3, -0.25) is 0 Å². The standard InChI is InChI=1S/C7H12ClN/c1-5-2-6(4-8)7(9)3-5/h4-5,7H,2-3,9H2,1H3/b6-4+/t5-,7-/m0/s1. The zero-order chi connectivity index (χ0) is 6.85. The predicted molar refractivity (Wildman–Crippen MR) is 40.3 cm³/mol. The quantitative estimate of drug-likeness (QED) is 0.554. The minimum Gasteiger partial charge on any atom is -0.324 e. The Morgan fingerprint density at radius 1 is 1.78 bits per heavy atom. The van der Waals surface area contributed by atoms with Crippen LogP contribution in [0.25, 0.3) is 0 Å². The normalized spacial score (nSPS) is 40.1. The number of halogens is 1. The van der Waals surface area contributed by atoms with Gasteiger partial charge in [-0.05, 0) is 24.3 Å². The van der Waals surface area contributed by atoms with E-state index in [0.717, 1.165) is 18.8 Å². The average Bonchev–Trinajstić information content (AvgIpc) is 2.10. The zero-order valence-electron chi connectivity index (χ0n) is 5.60. The molecule has 0 unspecified atom stereocenters. The minimum atomic E-state index is 0.234. The van der Waals surface area contributed by atoms with Crippen LogP contribution in [0.15, 0.2) is 11.1 Å². The summed E-state index contributed by atoms with van der Waals surface area (Å²) in [6, 6.07) is 0.234. The maximum Gasteiger partial charge on any atom is 0.0268 e. The first-order valence-electron chi connectivity index (χ1n) is 3.28. The fourth-order valence-corrected chi connectivity index (χ4v) is 1.60. The SMILES string of the molecule is C[C@H]1C/C(=C\Cl)[C@@H](N)C1. The molecule has 1 aliphatic carbocycles. The predicted octanol–water partition coefficient (Wildman–Crippen LogP) is 1.87. The highest BCUT2D eigenvalue weighted by atomic mass is 35.5. The number of hydrogen-bond acceptors (Lipinski definition) is 1. The van der Waals surface area contributed by atoms with Crippen molar-refractivity contribution < 1.29 is 0 Å². The van der Waals surface area contributed by atoms with Crippen LogP contribution in [0.1, 0.15) is 19.8 Å². The first kappa shape index (κ1) is 7.10. The lowest BCUT2D eigenvalue weighted by atomic mass is 10.1. The van der Waals surface area contributed by atoms with Gasteiger partial charge in [-0.25, -0.2) is 0 Å². The summed E-state index contributed by atoms with van der Waals surface area (Å²) >= 11 is 5.53. The topological polar surface area (TPSA) is 26.0 Å². The maximum atomic E-state index is 5.73.